The van der Waals surface area contributed by atoms with Crippen LogP contribution in [0.15, 0.2) is 53.1 Å². The van der Waals surface area contributed by atoms with Crippen molar-refractivity contribution in [3.05, 3.63) is 71.2 Å². The van der Waals surface area contributed by atoms with E-state index in [9.17, 15) is 17.2 Å². The summed E-state index contributed by atoms with van der Waals surface area (Å²) in [4.78, 5) is -1.06. The Bertz CT molecular complexity index is 1180. The summed E-state index contributed by atoms with van der Waals surface area (Å²) in [5, 5.41) is 2.93. The van der Waals surface area contributed by atoms with Crippen molar-refractivity contribution in [2.45, 2.75) is 43.2 Å². The predicted octanol–water partition coefficient (Wildman–Crippen LogP) is 4.54. The predicted molar refractivity (Wildman–Crippen MR) is 125 cm³/mol. The van der Waals surface area contributed by atoms with Crippen molar-refractivity contribution in [1.29, 1.82) is 0 Å². The van der Waals surface area contributed by atoms with E-state index in [1.807, 2.05) is 6.92 Å². The van der Waals surface area contributed by atoms with Crippen LogP contribution in [0.1, 0.15) is 37.8 Å². The van der Waals surface area contributed by atoms with Crippen molar-refractivity contribution >= 4 is 10.0 Å². The molecule has 6 nitrogen and oxygen atoms in total. The van der Waals surface area contributed by atoms with Crippen LogP contribution < -0.4 is 10.1 Å². The zero-order valence-corrected chi connectivity index (χ0v) is 20.5. The van der Waals surface area contributed by atoms with Gasteiger partial charge in [0.25, 0.3) is 10.0 Å². The molecule has 2 aliphatic heterocycles. The summed E-state index contributed by atoms with van der Waals surface area (Å²) >= 11 is 0. The van der Waals surface area contributed by atoms with Crippen LogP contribution in [0.3, 0.4) is 0 Å². The van der Waals surface area contributed by atoms with E-state index >= 15 is 4.39 Å². The van der Waals surface area contributed by atoms with Crippen molar-refractivity contribution in [3.63, 3.8) is 0 Å². The zero-order valence-electron chi connectivity index (χ0n) is 19.6. The number of likely N-dealkylation sites (N-methyl/N-ethyl adjacent to an activating group) is 1. The second-order valence-corrected chi connectivity index (χ2v) is 10.7. The first-order valence-electron chi connectivity index (χ1n) is 11.6. The highest BCUT2D eigenvalue weighted by atomic mass is 32.2. The first kappa shape index (κ1) is 25.5. The Hall–Kier alpha value is -2.56. The number of rotatable bonds is 8. The Morgan fingerprint density at radius 3 is 2.43 bits per heavy atom. The maximum atomic E-state index is 15.3. The van der Waals surface area contributed by atoms with Crippen molar-refractivity contribution in [2.75, 3.05) is 26.8 Å². The van der Waals surface area contributed by atoms with Crippen LogP contribution in [0.2, 0.25) is 0 Å². The van der Waals surface area contributed by atoms with E-state index in [-0.39, 0.29) is 18.1 Å². The Labute approximate surface area is 203 Å². The second kappa shape index (κ2) is 10.6. The monoisotopic (exact) mass is 510 g/mol. The third kappa shape index (κ3) is 5.34. The molecule has 2 unspecified atom stereocenters. The SMILES string of the molecule is CNCC1=CN(S(=O)(=O)c2c(F)cccc2F)C(c2ccc(OC(C)C3CCOCC3)cc2F)C1. The largest absolute Gasteiger partial charge is 0.490 e. The molecule has 0 saturated carbocycles. The highest BCUT2D eigenvalue weighted by Crippen LogP contribution is 2.41. The molecule has 35 heavy (non-hydrogen) atoms. The van der Waals surface area contributed by atoms with Gasteiger partial charge in [0.05, 0.1) is 12.1 Å². The second-order valence-electron chi connectivity index (χ2n) is 8.88. The molecule has 2 aromatic rings. The summed E-state index contributed by atoms with van der Waals surface area (Å²) in [6.07, 6.45) is 3.08. The molecule has 2 heterocycles. The van der Waals surface area contributed by atoms with Crippen molar-refractivity contribution in [2.24, 2.45) is 5.92 Å². The van der Waals surface area contributed by atoms with E-state index in [1.165, 1.54) is 18.3 Å². The molecule has 2 aromatic carbocycles. The lowest BCUT2D eigenvalue weighted by molar-refractivity contribution is 0.0238. The normalized spacial score (nSPS) is 20.1. The van der Waals surface area contributed by atoms with Gasteiger partial charge in [-0.2, -0.15) is 0 Å². The minimum absolute atomic E-state index is 0.0961. The fourth-order valence-corrected chi connectivity index (χ4v) is 6.32. The van der Waals surface area contributed by atoms with Gasteiger partial charge in [0, 0.05) is 37.6 Å². The van der Waals surface area contributed by atoms with E-state index < -0.39 is 38.4 Å². The molecular formula is C25H29F3N2O4S. The van der Waals surface area contributed by atoms with Crippen molar-refractivity contribution in [1.82, 2.24) is 9.62 Å². The quantitative estimate of drug-likeness (QED) is 0.565. The topological polar surface area (TPSA) is 67.9 Å². The number of ether oxygens (including phenoxy) is 2. The van der Waals surface area contributed by atoms with Gasteiger partial charge >= 0.3 is 0 Å². The van der Waals surface area contributed by atoms with Crippen LogP contribution in [-0.2, 0) is 14.8 Å². The van der Waals surface area contributed by atoms with E-state index in [0.717, 1.165) is 35.3 Å². The third-order valence-electron chi connectivity index (χ3n) is 6.51. The molecule has 0 radical (unpaired) electrons. The number of halogens is 3. The molecule has 1 saturated heterocycles. The highest BCUT2D eigenvalue weighted by molar-refractivity contribution is 7.89. The number of nitrogens with zero attached hydrogens (tertiary/aromatic N) is 1. The van der Waals surface area contributed by atoms with Crippen LogP contribution in [0.25, 0.3) is 0 Å². The van der Waals surface area contributed by atoms with Crippen LogP contribution in [0, 0.1) is 23.4 Å². The van der Waals surface area contributed by atoms with E-state index in [0.29, 0.717) is 37.0 Å². The first-order chi connectivity index (χ1) is 16.7. The van der Waals surface area contributed by atoms with Gasteiger partial charge in [-0.3, -0.25) is 4.31 Å². The fraction of sp³-hybridized carbons (Fsp3) is 0.440. The molecule has 190 valence electrons. The number of hydrogen-bond acceptors (Lipinski definition) is 5. The molecule has 10 heteroatoms. The van der Waals surface area contributed by atoms with Gasteiger partial charge < -0.3 is 14.8 Å². The van der Waals surface area contributed by atoms with Crippen LogP contribution in [0.4, 0.5) is 13.2 Å². The fourth-order valence-electron chi connectivity index (χ4n) is 4.67. The molecule has 4 rings (SSSR count). The van der Waals surface area contributed by atoms with Gasteiger partial charge in [-0.15, -0.1) is 0 Å². The Morgan fingerprint density at radius 1 is 1.11 bits per heavy atom. The summed E-state index contributed by atoms with van der Waals surface area (Å²) < 4.78 is 83.0. The molecule has 0 bridgehead atoms. The molecule has 0 aromatic heterocycles. The Balaban J connectivity index is 1.63. The summed E-state index contributed by atoms with van der Waals surface area (Å²) in [7, 11) is -2.95. The molecule has 0 aliphatic carbocycles. The van der Waals surface area contributed by atoms with E-state index in [1.54, 1.807) is 13.1 Å². The maximum absolute atomic E-state index is 15.3. The summed E-state index contributed by atoms with van der Waals surface area (Å²) in [6.45, 7) is 3.61. The van der Waals surface area contributed by atoms with Crippen LogP contribution in [0.5, 0.6) is 5.75 Å². The number of nitrogens with one attached hydrogen (secondary N) is 1. The minimum atomic E-state index is -4.64. The minimum Gasteiger partial charge on any atom is -0.490 e. The summed E-state index contributed by atoms with van der Waals surface area (Å²) in [6, 6.07) is 6.16. The lowest BCUT2D eigenvalue weighted by Crippen LogP contribution is -2.30. The van der Waals surface area contributed by atoms with Crippen molar-refractivity contribution in [3.8, 4) is 5.75 Å². The van der Waals surface area contributed by atoms with Gasteiger partial charge in [-0.1, -0.05) is 12.1 Å². The highest BCUT2D eigenvalue weighted by Gasteiger charge is 2.39. The maximum Gasteiger partial charge on any atom is 0.270 e. The Morgan fingerprint density at radius 2 is 1.80 bits per heavy atom. The van der Waals surface area contributed by atoms with Crippen molar-refractivity contribution < 1.29 is 31.1 Å². The van der Waals surface area contributed by atoms with E-state index in [2.05, 4.69) is 5.32 Å². The molecule has 0 amide bonds. The smallest absolute Gasteiger partial charge is 0.270 e. The summed E-state index contributed by atoms with van der Waals surface area (Å²) in [5.41, 5.74) is 0.754. The standard InChI is InChI=1S/C25H29F3N2O4S/c1-16(18-8-10-33-11-9-18)34-19-6-7-20(23(28)13-19)24-12-17(14-29-2)15-30(24)35(31,32)25-21(26)4-3-5-22(25)27/h3-7,13,15-16,18,24,29H,8-12,14H2,1-2H3. The van der Waals surface area contributed by atoms with Crippen LogP contribution in [-0.4, -0.2) is 45.6 Å². The number of sulfonamides is 1. The third-order valence-corrected chi connectivity index (χ3v) is 8.33. The van der Waals surface area contributed by atoms with Gasteiger partial charge in [0.1, 0.15) is 23.2 Å². The lowest BCUT2D eigenvalue weighted by atomic mass is 9.95. The average Bonchev–Trinajstić information content (AvgIpc) is 3.24. The van der Waals surface area contributed by atoms with Gasteiger partial charge in [0.15, 0.2) is 4.90 Å². The molecule has 2 aliphatic rings. The van der Waals surface area contributed by atoms with Gasteiger partial charge in [-0.05, 0) is 62.9 Å². The van der Waals surface area contributed by atoms with Gasteiger partial charge in [-0.25, -0.2) is 21.6 Å². The summed E-state index contributed by atoms with van der Waals surface area (Å²) in [5.74, 6) is -2.43. The molecule has 1 fully saturated rings. The van der Waals surface area contributed by atoms with E-state index in [4.69, 9.17) is 9.47 Å². The molecule has 1 N–H and O–H groups in total. The first-order valence-corrected chi connectivity index (χ1v) is 13.0. The van der Waals surface area contributed by atoms with Gasteiger partial charge in [0.2, 0.25) is 0 Å². The lowest BCUT2D eigenvalue weighted by Gasteiger charge is -2.29. The zero-order chi connectivity index (χ0) is 25.2. The molecular weight excluding hydrogens is 481 g/mol. The molecule has 2 atom stereocenters. The average molecular weight is 511 g/mol. The number of benzene rings is 2. The van der Waals surface area contributed by atoms with Crippen LogP contribution >= 0.6 is 0 Å². The molecule has 0 spiro atoms. The number of hydrogen-bond donors (Lipinski definition) is 1. The Kier molecular flexibility index (Phi) is 7.73.